The Morgan fingerprint density at radius 3 is 2.62 bits per heavy atom. The molecule has 8 heteroatoms. The molecule has 0 aliphatic carbocycles. The van der Waals surface area contributed by atoms with Gasteiger partial charge in [-0.05, 0) is 50.2 Å². The van der Waals surface area contributed by atoms with Crippen LogP contribution in [0.25, 0.3) is 10.9 Å². The third-order valence-electron chi connectivity index (χ3n) is 6.42. The maximum absolute atomic E-state index is 13.2. The largest absolute Gasteiger partial charge is 0.361 e. The Kier molecular flexibility index (Phi) is 6.43. The number of nitrogens with one attached hydrogen (secondary N) is 3. The maximum atomic E-state index is 13.2. The van der Waals surface area contributed by atoms with Crippen LogP contribution in [0.4, 0.5) is 10.1 Å². The van der Waals surface area contributed by atoms with E-state index < -0.39 is 6.04 Å². The fraction of sp³-hybridized carbons (Fsp3) is 0.417. The summed E-state index contributed by atoms with van der Waals surface area (Å²) in [5, 5.41) is 3.90. The number of hydrogen-bond donors (Lipinski definition) is 3. The topological polar surface area (TPSA) is 84.2 Å². The van der Waals surface area contributed by atoms with E-state index in [2.05, 4.69) is 32.1 Å². The Labute approximate surface area is 187 Å². The van der Waals surface area contributed by atoms with Crippen LogP contribution in [0.5, 0.6) is 0 Å². The van der Waals surface area contributed by atoms with Crippen molar-refractivity contribution in [2.75, 3.05) is 45.1 Å². The predicted molar refractivity (Wildman–Crippen MR) is 124 cm³/mol. The monoisotopic (exact) mass is 439 g/mol. The van der Waals surface area contributed by atoms with Crippen molar-refractivity contribution in [3.63, 3.8) is 0 Å². The predicted octanol–water partition coefficient (Wildman–Crippen LogP) is 3.39. The van der Waals surface area contributed by atoms with Gasteiger partial charge in [0.2, 0.25) is 5.91 Å². The first-order valence-corrected chi connectivity index (χ1v) is 11.0. The SMILES string of the molecule is Cc1[nH]c(Cc2c[nH]c3ccc(C(=O)F)cc23)c(C)c1NC(=O)CCN1CCN(C)CC1. The van der Waals surface area contributed by atoms with Crippen LogP contribution in [0.1, 0.15) is 39.3 Å². The number of aromatic amines is 2. The van der Waals surface area contributed by atoms with Crippen molar-refractivity contribution < 1.29 is 14.0 Å². The van der Waals surface area contributed by atoms with E-state index in [1.807, 2.05) is 20.0 Å². The van der Waals surface area contributed by atoms with Gasteiger partial charge in [0.05, 0.1) is 11.3 Å². The molecule has 1 saturated heterocycles. The molecule has 0 bridgehead atoms. The molecule has 7 nitrogen and oxygen atoms in total. The molecule has 0 saturated carbocycles. The number of benzene rings is 1. The quantitative estimate of drug-likeness (QED) is 0.493. The molecule has 170 valence electrons. The summed E-state index contributed by atoms with van der Waals surface area (Å²) in [6.45, 7) is 8.76. The van der Waals surface area contributed by atoms with Gasteiger partial charge in [-0.15, -0.1) is 0 Å². The number of H-pyrrole nitrogens is 2. The lowest BCUT2D eigenvalue weighted by atomic mass is 10.0. The van der Waals surface area contributed by atoms with E-state index in [0.717, 1.165) is 71.8 Å². The fourth-order valence-electron chi connectivity index (χ4n) is 4.35. The number of aryl methyl sites for hydroxylation is 1. The van der Waals surface area contributed by atoms with Crippen molar-refractivity contribution in [2.45, 2.75) is 26.7 Å². The minimum Gasteiger partial charge on any atom is -0.361 e. The zero-order valence-corrected chi connectivity index (χ0v) is 18.8. The zero-order chi connectivity index (χ0) is 22.8. The normalized spacial score (nSPS) is 15.4. The van der Waals surface area contributed by atoms with Gasteiger partial charge in [0.15, 0.2) is 0 Å². The van der Waals surface area contributed by atoms with Crippen LogP contribution in [0.15, 0.2) is 24.4 Å². The summed E-state index contributed by atoms with van der Waals surface area (Å²) in [7, 11) is 2.12. The number of nitrogens with zero attached hydrogens (tertiary/aromatic N) is 2. The van der Waals surface area contributed by atoms with Crippen LogP contribution in [0.3, 0.4) is 0 Å². The van der Waals surface area contributed by atoms with Crippen molar-refractivity contribution in [3.05, 3.63) is 52.5 Å². The second kappa shape index (κ2) is 9.26. The van der Waals surface area contributed by atoms with Crippen LogP contribution in [0.2, 0.25) is 0 Å². The number of likely N-dealkylation sites (N-methyl/N-ethyl adjacent to an activating group) is 1. The van der Waals surface area contributed by atoms with Crippen LogP contribution in [-0.2, 0) is 11.2 Å². The van der Waals surface area contributed by atoms with Crippen LogP contribution >= 0.6 is 0 Å². The number of piperazine rings is 1. The number of carbonyl (C=O) groups is 2. The number of amides is 1. The van der Waals surface area contributed by atoms with Crippen molar-refractivity contribution in [1.82, 2.24) is 19.8 Å². The number of aromatic nitrogens is 2. The molecule has 0 spiro atoms. The molecule has 3 heterocycles. The number of hydrogen-bond acceptors (Lipinski definition) is 4. The second-order valence-electron chi connectivity index (χ2n) is 8.70. The fourth-order valence-corrected chi connectivity index (χ4v) is 4.35. The van der Waals surface area contributed by atoms with Crippen molar-refractivity contribution in [3.8, 4) is 0 Å². The standard InChI is InChI=1S/C24H30FN5O2/c1-15-21(13-18-14-26-20-5-4-17(24(25)32)12-19(18)20)27-16(2)23(15)28-22(31)6-7-30-10-8-29(3)9-11-30/h4-5,12,14,26-27H,6-11,13H2,1-3H3,(H,28,31). The highest BCUT2D eigenvalue weighted by atomic mass is 19.1. The highest BCUT2D eigenvalue weighted by molar-refractivity contribution is 5.95. The van der Waals surface area contributed by atoms with Gasteiger partial charge in [-0.25, -0.2) is 0 Å². The molecule has 1 fully saturated rings. The van der Waals surface area contributed by atoms with Crippen LogP contribution < -0.4 is 5.32 Å². The number of carbonyl (C=O) groups excluding carboxylic acids is 2. The van der Waals surface area contributed by atoms with Crippen molar-refractivity contribution in [1.29, 1.82) is 0 Å². The van der Waals surface area contributed by atoms with E-state index in [9.17, 15) is 14.0 Å². The number of rotatable bonds is 7. The molecule has 1 aliphatic heterocycles. The summed E-state index contributed by atoms with van der Waals surface area (Å²) in [5.41, 5.74) is 5.56. The Balaban J connectivity index is 1.44. The van der Waals surface area contributed by atoms with Gasteiger partial charge >= 0.3 is 6.04 Å². The van der Waals surface area contributed by atoms with Gasteiger partial charge in [-0.3, -0.25) is 9.59 Å². The van der Waals surface area contributed by atoms with Crippen molar-refractivity contribution >= 4 is 28.5 Å². The van der Waals surface area contributed by atoms with E-state index in [4.69, 9.17) is 0 Å². The molecular formula is C24H30FN5O2. The van der Waals surface area contributed by atoms with E-state index in [-0.39, 0.29) is 11.5 Å². The molecule has 0 atom stereocenters. The summed E-state index contributed by atoms with van der Waals surface area (Å²) in [4.78, 5) is 34.9. The highest BCUT2D eigenvalue weighted by Gasteiger charge is 2.18. The van der Waals surface area contributed by atoms with Gasteiger partial charge in [0, 0.05) is 74.1 Å². The third-order valence-corrected chi connectivity index (χ3v) is 6.42. The molecule has 0 radical (unpaired) electrons. The summed E-state index contributed by atoms with van der Waals surface area (Å²) in [5.74, 6) is 0.0128. The Bertz CT molecular complexity index is 1140. The number of halogens is 1. The van der Waals surface area contributed by atoms with Gasteiger partial charge in [0.25, 0.3) is 0 Å². The van der Waals surface area contributed by atoms with E-state index >= 15 is 0 Å². The van der Waals surface area contributed by atoms with E-state index in [1.54, 1.807) is 12.1 Å². The molecule has 1 aromatic carbocycles. The van der Waals surface area contributed by atoms with E-state index in [1.165, 1.54) is 6.07 Å². The third kappa shape index (κ3) is 4.76. The molecule has 3 aromatic rings. The van der Waals surface area contributed by atoms with Crippen LogP contribution in [-0.4, -0.2) is 71.5 Å². The van der Waals surface area contributed by atoms with Crippen LogP contribution in [0, 0.1) is 13.8 Å². The van der Waals surface area contributed by atoms with Crippen molar-refractivity contribution in [2.24, 2.45) is 0 Å². The Hall–Kier alpha value is -2.97. The Morgan fingerprint density at radius 1 is 1.16 bits per heavy atom. The molecule has 2 aromatic heterocycles. The highest BCUT2D eigenvalue weighted by Crippen LogP contribution is 2.28. The van der Waals surface area contributed by atoms with E-state index in [0.29, 0.717) is 12.8 Å². The lowest BCUT2D eigenvalue weighted by Crippen LogP contribution is -2.45. The molecule has 1 aliphatic rings. The molecule has 4 rings (SSSR count). The molecule has 1 amide bonds. The van der Waals surface area contributed by atoms with Gasteiger partial charge in [0.1, 0.15) is 0 Å². The summed E-state index contributed by atoms with van der Waals surface area (Å²) < 4.78 is 13.2. The van der Waals surface area contributed by atoms with Gasteiger partial charge < -0.3 is 25.1 Å². The average Bonchev–Trinajstić information content (AvgIpc) is 3.29. The summed E-state index contributed by atoms with van der Waals surface area (Å²) in [6, 6.07) is 3.33. The Morgan fingerprint density at radius 2 is 1.91 bits per heavy atom. The van der Waals surface area contributed by atoms with Gasteiger partial charge in [-0.2, -0.15) is 4.39 Å². The molecular weight excluding hydrogens is 409 g/mol. The summed E-state index contributed by atoms with van der Waals surface area (Å²) >= 11 is 0. The average molecular weight is 440 g/mol. The lowest BCUT2D eigenvalue weighted by Gasteiger charge is -2.32. The number of fused-ring (bicyclic) bond motifs is 1. The second-order valence-corrected chi connectivity index (χ2v) is 8.70. The van der Waals surface area contributed by atoms with Gasteiger partial charge in [-0.1, -0.05) is 0 Å². The smallest absolute Gasteiger partial charge is 0.332 e. The molecule has 32 heavy (non-hydrogen) atoms. The first-order chi connectivity index (χ1) is 15.3. The maximum Gasteiger partial charge on any atom is 0.332 e. The minimum absolute atomic E-state index is 0.0128. The first-order valence-electron chi connectivity index (χ1n) is 11.0. The lowest BCUT2D eigenvalue weighted by molar-refractivity contribution is -0.116. The first kappa shape index (κ1) is 22.2. The molecule has 3 N–H and O–H groups in total. The zero-order valence-electron chi connectivity index (χ0n) is 18.8. The minimum atomic E-state index is -1.44. The number of anilines is 1. The molecule has 0 unspecified atom stereocenters. The summed E-state index contributed by atoms with van der Waals surface area (Å²) in [6.07, 6.45) is 2.92.